The number of benzene rings is 14. The monoisotopic (exact) mass is 2110 g/mol. The Kier molecular flexibility index (Phi) is 29.1. The van der Waals surface area contributed by atoms with Crippen molar-refractivity contribution < 1.29 is 72.6 Å². The predicted molar refractivity (Wildman–Crippen MR) is 531 cm³/mol. The number of likely N-dealkylation sites (N-methyl/N-ethyl adjacent to an activating group) is 1. The summed E-state index contributed by atoms with van der Waals surface area (Å²) in [5.41, 5.74) is 33.4. The van der Waals surface area contributed by atoms with Gasteiger partial charge in [-0.25, -0.2) is 4.57 Å². The SMILES string of the molecule is CC(=O)C=C(C)O.CC(C)c1cccc(C(C)C)c1-n1cc[n+]2c1-c1ccccc1C2.CC(C)n1nc2c3ccccc3c3cccc4c3c2[n+]1C4.CC([NH-])=CC(C)=Nc1ccccc1.CN1C=CN2c3c(ccc4c3oc3ccccc34)CC12.Fc1c[c-]c(-c2nccc3ccccc23)c(F)c1.[Ir].[Ir].[c-]1ccccc1-c1cc(-c2ccccc2)c2cc(-c3ccccc3)ccc2n1. The van der Waals surface area contributed by atoms with E-state index in [1.54, 1.807) is 19.2 Å². The van der Waals surface area contributed by atoms with E-state index in [0.717, 1.165) is 92.7 Å². The molecular formula is C115H102F2Ir2N11O3-. The third kappa shape index (κ3) is 20.0. The molecule has 133 heavy (non-hydrogen) atoms. The van der Waals surface area contributed by atoms with Crippen LogP contribution in [0.2, 0.25) is 0 Å². The second kappa shape index (κ2) is 41.5. The van der Waals surface area contributed by atoms with Crippen molar-refractivity contribution in [3.63, 3.8) is 0 Å². The zero-order chi connectivity index (χ0) is 91.1. The van der Waals surface area contributed by atoms with E-state index in [4.69, 9.17) is 25.3 Å². The number of furan rings is 1. The van der Waals surface area contributed by atoms with E-state index < -0.39 is 11.6 Å². The van der Waals surface area contributed by atoms with Gasteiger partial charge in [-0.2, -0.15) is 10.3 Å². The number of para-hydroxylation sites is 3. The molecule has 0 spiro atoms. The van der Waals surface area contributed by atoms with Gasteiger partial charge in [0.1, 0.15) is 49.0 Å². The number of carbonyl (C=O) groups excluding carboxylic acids is 1. The Bertz CT molecular complexity index is 7560. The maximum atomic E-state index is 13.8. The van der Waals surface area contributed by atoms with Gasteiger partial charge in [0.15, 0.2) is 11.4 Å². The van der Waals surface area contributed by atoms with Crippen LogP contribution >= 0.6 is 0 Å². The van der Waals surface area contributed by atoms with Crippen molar-refractivity contribution in [1.29, 1.82) is 0 Å². The summed E-state index contributed by atoms with van der Waals surface area (Å²) in [5.74, 6) is 0.945. The molecule has 19 aromatic rings. The molecule has 2 radical (unpaired) electrons. The summed E-state index contributed by atoms with van der Waals surface area (Å²) in [4.78, 5) is 30.2. The molecule has 1 unspecified atom stereocenters. The Morgan fingerprint density at radius 1 is 0.586 bits per heavy atom. The number of fused-ring (bicyclic) bond motifs is 15. The van der Waals surface area contributed by atoms with Crippen LogP contribution in [-0.4, -0.2) is 59.1 Å². The number of hydrogen-bond donors (Lipinski definition) is 1. The number of ketones is 1. The zero-order valence-corrected chi connectivity index (χ0v) is 80.8. The Hall–Kier alpha value is -14.3. The molecule has 668 valence electrons. The van der Waals surface area contributed by atoms with Crippen LogP contribution in [0.25, 0.3) is 144 Å². The topological polar surface area (TPSA) is 149 Å². The Morgan fingerprint density at radius 2 is 1.23 bits per heavy atom. The smallest absolute Gasteiger partial charge is 0.294 e. The zero-order valence-electron chi connectivity index (χ0n) is 76.0. The number of nitrogens with one attached hydrogen (secondary N) is 1. The quantitative estimate of drug-likeness (QED) is 0.0336. The van der Waals surface area contributed by atoms with Crippen molar-refractivity contribution in [2.75, 3.05) is 11.9 Å². The molecule has 0 amide bonds. The van der Waals surface area contributed by atoms with Crippen molar-refractivity contribution in [1.82, 2.24) is 29.3 Å². The number of rotatable bonds is 11. The van der Waals surface area contributed by atoms with E-state index in [0.29, 0.717) is 35.4 Å². The molecule has 2 N–H and O–H groups in total. The van der Waals surface area contributed by atoms with Crippen LogP contribution < -0.4 is 14.1 Å². The summed E-state index contributed by atoms with van der Waals surface area (Å²) in [6.07, 6.45) is 14.7. The fraction of sp³-hybridized carbons (Fsp3) is 0.157. The van der Waals surface area contributed by atoms with Gasteiger partial charge in [0.25, 0.3) is 11.3 Å². The Morgan fingerprint density at radius 3 is 1.92 bits per heavy atom. The number of anilines is 1. The molecule has 5 aromatic heterocycles. The molecule has 4 aliphatic heterocycles. The molecule has 0 fully saturated rings. The number of imidazole rings is 1. The second-order valence-electron chi connectivity index (χ2n) is 34.2. The second-order valence-corrected chi connectivity index (χ2v) is 34.2. The van der Waals surface area contributed by atoms with Crippen LogP contribution in [-0.2, 0) is 64.5 Å². The number of aliphatic imine (C=N–C) groups is 1. The molecule has 1 atom stereocenters. The molecule has 14 nitrogen and oxygen atoms in total. The molecule has 0 aliphatic carbocycles. The first-order chi connectivity index (χ1) is 63.6. The van der Waals surface area contributed by atoms with Gasteiger partial charge >= 0.3 is 0 Å². The van der Waals surface area contributed by atoms with E-state index in [2.05, 4.69) is 312 Å². The average Bonchev–Trinajstić information content (AvgIpc) is 1.55. The summed E-state index contributed by atoms with van der Waals surface area (Å²) in [6, 6.07) is 109. The number of allylic oxidation sites excluding steroid dienone is 4. The standard InChI is InChI=1S/C27H18N.C22H25N2.C18H16N3.C17H14N2O.C15H8F2N.C11H13N2.C5H8O2.2Ir/c1-4-10-20(11-5-1)23-16-17-26-25(18-23)24(21-12-6-2-7-13-21)19-27(28-26)22-14-8-3-9-15-22;1-15(2)18-10-7-11-19(16(3)4)21(18)24-13-12-23-14-17-8-5-6-9-20(17)22(23)24;1-11(2)21-19-17-15-8-4-3-7-13(15)14-9-5-6-12-10-20(21)18(17)16(12)14;1-18-8-9-19-15(18)10-11-6-7-13-12-4-2-3-5-14(12)20-17(13)16(11)19;16-11-5-6-13(14(17)9-11)15-12-4-2-1-3-10(12)7-8-18-15;1-9(12)8-10(2)13-11-6-4-3-5-7-11;1-4(6)3-5(2)7;;/h1-14,16-19H;5-13,15-16H,14H2,1-4H3;3-9,11H,10H2,1-2H3;2-9,15H,10H2,1H3;1-5,7-9H;3-8,12H,1-2H3;3,6H,1-2H3;;/q-1;2*+1;;2*-1;;;. The van der Waals surface area contributed by atoms with Crippen molar-refractivity contribution in [2.24, 2.45) is 4.99 Å². The number of halogens is 2. The fourth-order valence-electron chi connectivity index (χ4n) is 18.0. The third-order valence-corrected chi connectivity index (χ3v) is 23.8. The average molecular weight is 2110 g/mol. The minimum absolute atomic E-state index is 0. The number of aliphatic hydroxyl groups is 1. The minimum atomic E-state index is -0.654. The Labute approximate surface area is 801 Å². The van der Waals surface area contributed by atoms with Crippen molar-refractivity contribution >= 4 is 99.1 Å². The van der Waals surface area contributed by atoms with Crippen LogP contribution in [0.3, 0.4) is 0 Å². The van der Waals surface area contributed by atoms with Gasteiger partial charge < -0.3 is 30.0 Å². The number of aromatic nitrogens is 7. The normalized spacial score (nSPS) is 13.1. The Balaban J connectivity index is 0.000000121. The van der Waals surface area contributed by atoms with Gasteiger partial charge in [0, 0.05) is 150 Å². The van der Waals surface area contributed by atoms with Crippen molar-refractivity contribution in [3.05, 3.63) is 415 Å². The third-order valence-electron chi connectivity index (χ3n) is 23.8. The largest absolute Gasteiger partial charge is 0.702 e. The maximum absolute atomic E-state index is 13.8. The van der Waals surface area contributed by atoms with E-state index in [9.17, 15) is 13.6 Å². The summed E-state index contributed by atoms with van der Waals surface area (Å²) in [7, 11) is 2.13. The van der Waals surface area contributed by atoms with E-state index in [-0.39, 0.29) is 57.3 Å². The molecule has 9 heterocycles. The molecular weight excluding hydrogens is 2010 g/mol. The number of aliphatic hydroxyl groups excluding tert-OH is 1. The molecule has 0 bridgehead atoms. The number of hydrogen-bond acceptors (Lipinski definition) is 9. The fourth-order valence-corrected chi connectivity index (χ4v) is 18.0. The predicted octanol–water partition coefficient (Wildman–Crippen LogP) is 28.1. The van der Waals surface area contributed by atoms with Gasteiger partial charge in [0.2, 0.25) is 5.52 Å². The molecule has 18 heteroatoms. The van der Waals surface area contributed by atoms with E-state index in [1.807, 2.05) is 110 Å². The number of nitrogens with zero attached hydrogens (tertiary/aromatic N) is 10. The summed E-state index contributed by atoms with van der Waals surface area (Å²) >= 11 is 0. The number of carbonyl (C=O) groups is 1. The van der Waals surface area contributed by atoms with Gasteiger partial charge in [-0.3, -0.25) is 23.6 Å². The van der Waals surface area contributed by atoms with E-state index in [1.165, 1.54) is 131 Å². The molecule has 14 aromatic carbocycles. The first kappa shape index (κ1) is 93.4. The van der Waals surface area contributed by atoms with Crippen LogP contribution in [0.1, 0.15) is 115 Å². The molecule has 4 aliphatic rings. The summed E-state index contributed by atoms with van der Waals surface area (Å²) < 4.78 is 39.9. The van der Waals surface area contributed by atoms with Gasteiger partial charge in [-0.15, -0.1) is 52.7 Å². The van der Waals surface area contributed by atoms with Gasteiger partial charge in [-0.1, -0.05) is 271 Å². The van der Waals surface area contributed by atoms with Crippen LogP contribution in [0.4, 0.5) is 20.2 Å². The van der Waals surface area contributed by atoms with E-state index >= 15 is 0 Å². The minimum Gasteiger partial charge on any atom is -0.702 e. The first-order valence-corrected chi connectivity index (χ1v) is 44.4. The molecule has 0 saturated heterocycles. The van der Waals surface area contributed by atoms with Gasteiger partial charge in [0.05, 0.1) is 28.2 Å². The van der Waals surface area contributed by atoms with Crippen LogP contribution in [0, 0.1) is 23.8 Å². The van der Waals surface area contributed by atoms with Crippen LogP contribution in [0.15, 0.2) is 367 Å². The maximum Gasteiger partial charge on any atom is 0.294 e. The first-order valence-electron chi connectivity index (χ1n) is 44.4. The summed E-state index contributed by atoms with van der Waals surface area (Å²) in [6.45, 7) is 21.9. The molecule has 0 saturated carbocycles. The van der Waals surface area contributed by atoms with Gasteiger partial charge in [-0.05, 0) is 161 Å². The van der Waals surface area contributed by atoms with Crippen molar-refractivity contribution in [2.45, 2.75) is 113 Å². The van der Waals surface area contributed by atoms with Crippen LogP contribution in [0.5, 0.6) is 0 Å². The molecule has 23 rings (SSSR count). The van der Waals surface area contributed by atoms with Crippen molar-refractivity contribution in [3.8, 4) is 61.8 Å². The number of pyridine rings is 2. The summed E-state index contributed by atoms with van der Waals surface area (Å²) in [5, 5.41) is 23.9.